The highest BCUT2D eigenvalue weighted by molar-refractivity contribution is 5.89. The summed E-state index contributed by atoms with van der Waals surface area (Å²) in [5.41, 5.74) is 1.42. The number of rotatable bonds is 3. The van der Waals surface area contributed by atoms with Gasteiger partial charge in [-0.2, -0.15) is 0 Å². The number of ether oxygens (including phenoxy) is 1. The van der Waals surface area contributed by atoms with Crippen LogP contribution in [0.2, 0.25) is 0 Å². The van der Waals surface area contributed by atoms with Crippen molar-refractivity contribution in [3.05, 3.63) is 41.5 Å². The number of carbonyl (C=O) groups is 1. The van der Waals surface area contributed by atoms with Gasteiger partial charge in [0.05, 0.1) is 6.10 Å². The Labute approximate surface area is 110 Å². The van der Waals surface area contributed by atoms with Gasteiger partial charge in [-0.15, -0.1) is 0 Å². The normalized spacial score (nSPS) is 10.8. The number of nitrogens with one attached hydrogen (secondary N) is 1. The molecule has 0 fully saturated rings. The third-order valence-corrected chi connectivity index (χ3v) is 2.52. The van der Waals surface area contributed by atoms with Crippen molar-refractivity contribution in [3.8, 4) is 11.4 Å². The molecule has 0 aliphatic carbocycles. The first kappa shape index (κ1) is 13.3. The second-order valence-electron chi connectivity index (χ2n) is 4.52. The van der Waals surface area contributed by atoms with Gasteiger partial charge in [-0.05, 0) is 32.9 Å². The van der Waals surface area contributed by atoms with Crippen LogP contribution in [0, 0.1) is 12.7 Å². The van der Waals surface area contributed by atoms with Gasteiger partial charge in [-0.25, -0.2) is 14.2 Å². The summed E-state index contributed by atoms with van der Waals surface area (Å²) < 4.78 is 18.3. The molecule has 0 spiro atoms. The molecule has 1 N–H and O–H groups in total. The lowest BCUT2D eigenvalue weighted by atomic mass is 10.2. The van der Waals surface area contributed by atoms with Gasteiger partial charge in [-0.1, -0.05) is 12.1 Å². The van der Waals surface area contributed by atoms with Crippen molar-refractivity contribution < 1.29 is 13.9 Å². The summed E-state index contributed by atoms with van der Waals surface area (Å²) in [5, 5.41) is 0. The molecule has 100 valence electrons. The van der Waals surface area contributed by atoms with E-state index in [1.165, 1.54) is 12.1 Å². The minimum absolute atomic E-state index is 0.207. The smallest absolute Gasteiger partial charge is 0.359 e. The molecule has 0 unspecified atom stereocenters. The molecule has 0 aliphatic rings. The summed E-state index contributed by atoms with van der Waals surface area (Å²) in [6.07, 6.45) is -0.207. The van der Waals surface area contributed by atoms with Gasteiger partial charge in [0.1, 0.15) is 11.6 Å². The molecule has 0 saturated carbocycles. The van der Waals surface area contributed by atoms with E-state index in [2.05, 4.69) is 9.97 Å². The minimum Gasteiger partial charge on any atom is -0.458 e. The van der Waals surface area contributed by atoms with E-state index in [0.717, 1.165) is 0 Å². The maximum atomic E-state index is 13.2. The zero-order valence-corrected chi connectivity index (χ0v) is 11.0. The maximum absolute atomic E-state index is 13.2. The molecule has 19 heavy (non-hydrogen) atoms. The number of hydrogen-bond donors (Lipinski definition) is 1. The van der Waals surface area contributed by atoms with Gasteiger partial charge >= 0.3 is 5.97 Å². The number of esters is 1. The first-order valence-corrected chi connectivity index (χ1v) is 6.01. The number of carbonyl (C=O) groups excluding carboxylic acids is 1. The molecule has 1 aromatic carbocycles. The lowest BCUT2D eigenvalue weighted by Gasteiger charge is -2.05. The number of nitrogens with zero attached hydrogens (tertiary/aromatic N) is 1. The molecule has 5 heteroatoms. The first-order valence-electron chi connectivity index (χ1n) is 6.01. The van der Waals surface area contributed by atoms with Crippen LogP contribution in [0.5, 0.6) is 0 Å². The van der Waals surface area contributed by atoms with Crippen LogP contribution in [0.4, 0.5) is 4.39 Å². The predicted molar refractivity (Wildman–Crippen MR) is 69.3 cm³/mol. The van der Waals surface area contributed by atoms with Crippen LogP contribution in [0.1, 0.15) is 30.0 Å². The van der Waals surface area contributed by atoms with Crippen LogP contribution in [0.15, 0.2) is 24.3 Å². The summed E-state index contributed by atoms with van der Waals surface area (Å²) in [6.45, 7) is 5.27. The lowest BCUT2D eigenvalue weighted by molar-refractivity contribution is 0.0370. The summed E-state index contributed by atoms with van der Waals surface area (Å²) in [6, 6.07) is 6.02. The van der Waals surface area contributed by atoms with Gasteiger partial charge in [0.2, 0.25) is 0 Å². The van der Waals surface area contributed by atoms with Crippen molar-refractivity contribution in [1.82, 2.24) is 9.97 Å². The Morgan fingerprint density at radius 3 is 2.79 bits per heavy atom. The lowest BCUT2D eigenvalue weighted by Crippen LogP contribution is -2.13. The molecule has 2 rings (SSSR count). The number of hydrogen-bond acceptors (Lipinski definition) is 3. The Morgan fingerprint density at radius 1 is 1.42 bits per heavy atom. The topological polar surface area (TPSA) is 55.0 Å². The Bertz CT molecular complexity index is 605. The molecule has 0 bridgehead atoms. The van der Waals surface area contributed by atoms with Gasteiger partial charge in [0.25, 0.3) is 0 Å². The summed E-state index contributed by atoms with van der Waals surface area (Å²) >= 11 is 0. The highest BCUT2D eigenvalue weighted by Gasteiger charge is 2.18. The van der Waals surface area contributed by atoms with Crippen molar-refractivity contribution >= 4 is 5.97 Å². The van der Waals surface area contributed by atoms with Crippen LogP contribution in [-0.4, -0.2) is 22.0 Å². The number of imidazole rings is 1. The third-order valence-electron chi connectivity index (χ3n) is 2.52. The molecule has 4 nitrogen and oxygen atoms in total. The zero-order valence-electron chi connectivity index (χ0n) is 11.0. The average Bonchev–Trinajstić information content (AvgIpc) is 2.70. The van der Waals surface area contributed by atoms with E-state index >= 15 is 0 Å². The Hall–Kier alpha value is -2.17. The van der Waals surface area contributed by atoms with E-state index in [0.29, 0.717) is 17.1 Å². The van der Waals surface area contributed by atoms with E-state index in [4.69, 9.17) is 4.74 Å². The second-order valence-corrected chi connectivity index (χ2v) is 4.52. The van der Waals surface area contributed by atoms with E-state index in [1.54, 1.807) is 32.9 Å². The highest BCUT2D eigenvalue weighted by Crippen LogP contribution is 2.19. The minimum atomic E-state index is -0.480. The average molecular weight is 262 g/mol. The van der Waals surface area contributed by atoms with E-state index < -0.39 is 5.97 Å². The number of aryl methyl sites for hydroxylation is 1. The number of aromatic amines is 1. The number of halogens is 1. The molecule has 0 atom stereocenters. The summed E-state index contributed by atoms with van der Waals surface area (Å²) in [5.74, 6) is -0.378. The van der Waals surface area contributed by atoms with Crippen LogP contribution in [0.3, 0.4) is 0 Å². The third kappa shape index (κ3) is 2.99. The van der Waals surface area contributed by atoms with Crippen molar-refractivity contribution in [2.75, 3.05) is 0 Å². The van der Waals surface area contributed by atoms with Crippen molar-refractivity contribution in [3.63, 3.8) is 0 Å². The fourth-order valence-corrected chi connectivity index (χ4v) is 1.70. The van der Waals surface area contributed by atoms with Gasteiger partial charge < -0.3 is 9.72 Å². The monoisotopic (exact) mass is 262 g/mol. The van der Waals surface area contributed by atoms with E-state index in [9.17, 15) is 9.18 Å². The molecule has 2 aromatic rings. The molecular weight excluding hydrogens is 247 g/mol. The van der Waals surface area contributed by atoms with E-state index in [-0.39, 0.29) is 17.6 Å². The van der Waals surface area contributed by atoms with Crippen LogP contribution in [-0.2, 0) is 4.74 Å². The molecule has 1 heterocycles. The number of H-pyrrole nitrogens is 1. The predicted octanol–water partition coefficient (Wildman–Crippen LogP) is 3.09. The van der Waals surface area contributed by atoms with Crippen molar-refractivity contribution in [1.29, 1.82) is 0 Å². The maximum Gasteiger partial charge on any atom is 0.359 e. The Balaban J connectivity index is 2.33. The largest absolute Gasteiger partial charge is 0.458 e. The van der Waals surface area contributed by atoms with Crippen LogP contribution >= 0.6 is 0 Å². The van der Waals surface area contributed by atoms with Crippen molar-refractivity contribution in [2.45, 2.75) is 26.9 Å². The van der Waals surface area contributed by atoms with Crippen LogP contribution in [0.25, 0.3) is 11.4 Å². The van der Waals surface area contributed by atoms with Crippen LogP contribution < -0.4 is 0 Å². The second kappa shape index (κ2) is 5.22. The first-order chi connectivity index (χ1) is 8.97. The highest BCUT2D eigenvalue weighted by atomic mass is 19.1. The summed E-state index contributed by atoms with van der Waals surface area (Å²) in [7, 11) is 0. The molecule has 0 amide bonds. The molecular formula is C14H15FN2O2. The van der Waals surface area contributed by atoms with Crippen molar-refractivity contribution in [2.24, 2.45) is 0 Å². The SMILES string of the molecule is Cc1[nH]c(-c2cccc(F)c2)nc1C(=O)OC(C)C. The summed E-state index contributed by atoms with van der Waals surface area (Å²) in [4.78, 5) is 18.9. The quantitative estimate of drug-likeness (QED) is 0.865. The van der Waals surface area contributed by atoms with Gasteiger partial charge in [-0.3, -0.25) is 0 Å². The molecule has 0 aliphatic heterocycles. The standard InChI is InChI=1S/C14H15FN2O2/c1-8(2)19-14(18)12-9(3)16-13(17-12)10-5-4-6-11(15)7-10/h4-8H,1-3H3,(H,16,17). The number of benzene rings is 1. The fraction of sp³-hybridized carbons (Fsp3) is 0.286. The fourth-order valence-electron chi connectivity index (χ4n) is 1.70. The molecule has 0 saturated heterocycles. The van der Waals surface area contributed by atoms with Gasteiger partial charge in [0, 0.05) is 11.3 Å². The van der Waals surface area contributed by atoms with Gasteiger partial charge in [0.15, 0.2) is 5.69 Å². The Morgan fingerprint density at radius 2 is 2.16 bits per heavy atom. The zero-order chi connectivity index (χ0) is 14.0. The number of aromatic nitrogens is 2. The van der Waals surface area contributed by atoms with E-state index in [1.807, 2.05) is 0 Å². The Kier molecular flexibility index (Phi) is 3.64. The molecule has 0 radical (unpaired) electrons. The molecule has 1 aromatic heterocycles.